The van der Waals surface area contributed by atoms with Gasteiger partial charge in [0, 0.05) is 23.9 Å². The maximum atomic E-state index is 13.4. The van der Waals surface area contributed by atoms with E-state index in [0.717, 1.165) is 36.9 Å². The van der Waals surface area contributed by atoms with Gasteiger partial charge >= 0.3 is 6.18 Å². The molecule has 1 aromatic rings. The van der Waals surface area contributed by atoms with Gasteiger partial charge in [-0.25, -0.2) is 0 Å². The maximum absolute atomic E-state index is 13.4. The summed E-state index contributed by atoms with van der Waals surface area (Å²) in [6.07, 6.45) is 5.04. The van der Waals surface area contributed by atoms with Crippen molar-refractivity contribution in [3.05, 3.63) is 46.8 Å². The van der Waals surface area contributed by atoms with Crippen molar-refractivity contribution in [3.8, 4) is 0 Å². The number of amides is 1. The fourth-order valence-electron chi connectivity index (χ4n) is 3.87. The summed E-state index contributed by atoms with van der Waals surface area (Å²) in [5, 5.41) is 7.44. The lowest BCUT2D eigenvalue weighted by Gasteiger charge is -2.13. The van der Waals surface area contributed by atoms with Crippen LogP contribution in [0.5, 0.6) is 0 Å². The fourth-order valence-corrected chi connectivity index (χ4v) is 3.87. The molecule has 1 saturated carbocycles. The molecular weight excluding hydrogens is 447 g/mol. The molecule has 3 N–H and O–H groups in total. The zero-order valence-electron chi connectivity index (χ0n) is 19.6. The van der Waals surface area contributed by atoms with Gasteiger partial charge in [-0.3, -0.25) is 4.79 Å². The quantitative estimate of drug-likeness (QED) is 0.322. The van der Waals surface area contributed by atoms with Gasteiger partial charge in [-0.1, -0.05) is 23.9 Å². The molecule has 1 unspecified atom stereocenters. The van der Waals surface area contributed by atoms with Gasteiger partial charge in [-0.15, -0.1) is 0 Å². The molecule has 0 spiro atoms. The molecule has 1 amide bonds. The van der Waals surface area contributed by atoms with E-state index in [1.807, 2.05) is 13.1 Å². The third-order valence-electron chi connectivity index (χ3n) is 5.84. The van der Waals surface area contributed by atoms with E-state index in [1.54, 1.807) is 25.1 Å². The third kappa shape index (κ3) is 7.24. The predicted molar refractivity (Wildman–Crippen MR) is 126 cm³/mol. The van der Waals surface area contributed by atoms with E-state index < -0.39 is 12.7 Å². The number of hydrogen-bond donors (Lipinski definition) is 2. The topological polar surface area (TPSA) is 84.9 Å². The number of nitrogens with zero attached hydrogens (tertiary/aromatic N) is 3. The minimum absolute atomic E-state index is 0.0490. The number of halogens is 3. The molecule has 1 aliphatic carbocycles. The molecule has 1 saturated heterocycles. The van der Waals surface area contributed by atoms with E-state index in [-0.39, 0.29) is 35.5 Å². The molecule has 0 bridgehead atoms. The summed E-state index contributed by atoms with van der Waals surface area (Å²) >= 11 is 0. The Kier molecular flexibility index (Phi) is 8.24. The largest absolute Gasteiger partial charge is 0.406 e. The Hall–Kier alpha value is -3.01. The number of carbonyl (C=O) groups excluding carboxylic acids is 1. The third-order valence-corrected chi connectivity index (χ3v) is 5.84. The van der Waals surface area contributed by atoms with Crippen molar-refractivity contribution < 1.29 is 22.8 Å². The van der Waals surface area contributed by atoms with Crippen molar-refractivity contribution in [3.63, 3.8) is 0 Å². The Bertz CT molecular complexity index is 1080. The van der Waals surface area contributed by atoms with Crippen LogP contribution in [0.4, 0.5) is 13.2 Å². The summed E-state index contributed by atoms with van der Waals surface area (Å²) in [6.45, 7) is 6.05. The molecule has 10 heteroatoms. The number of rotatable bonds is 9. The molecule has 34 heavy (non-hydrogen) atoms. The van der Waals surface area contributed by atoms with E-state index in [1.165, 1.54) is 6.20 Å². The van der Waals surface area contributed by atoms with Crippen molar-refractivity contribution in [1.82, 2.24) is 14.8 Å². The standard InChI is InChI=1S/C24H32F3N5O2/c1-16(13-29-23(33)19-7-8-19)34-30-17(2)22-11-20(12-28)21(32(22)15-24(25,26)27)6-4-5-18-9-10-31(3)14-18/h4-6,11-12,18-19H,1,7-10,13-15,28H2,2-3H3,(H,29,33)/b5-4-,20-12+,21-6+,30-17+. The summed E-state index contributed by atoms with van der Waals surface area (Å²) < 4.78 is 41.4. The summed E-state index contributed by atoms with van der Waals surface area (Å²) in [7, 11) is 2.04. The van der Waals surface area contributed by atoms with Gasteiger partial charge in [0.15, 0.2) is 0 Å². The lowest BCUT2D eigenvalue weighted by Crippen LogP contribution is -2.34. The molecule has 1 atom stereocenters. The first-order valence-electron chi connectivity index (χ1n) is 11.3. The van der Waals surface area contributed by atoms with Gasteiger partial charge < -0.3 is 25.4 Å². The molecule has 1 aromatic heterocycles. The van der Waals surface area contributed by atoms with Crippen LogP contribution in [0.1, 0.15) is 31.9 Å². The number of alkyl halides is 3. The fraction of sp³-hybridized carbons (Fsp3) is 0.500. The van der Waals surface area contributed by atoms with Crippen LogP contribution in [-0.2, 0) is 16.2 Å². The number of allylic oxidation sites excluding steroid dienone is 1. The molecule has 2 fully saturated rings. The minimum Gasteiger partial charge on any atom is -0.404 e. The maximum Gasteiger partial charge on any atom is 0.406 e. The van der Waals surface area contributed by atoms with Crippen LogP contribution in [-0.4, -0.2) is 53.9 Å². The molecule has 7 nitrogen and oxygen atoms in total. The second-order valence-electron chi connectivity index (χ2n) is 8.90. The first kappa shape index (κ1) is 25.6. The lowest BCUT2D eigenvalue weighted by molar-refractivity contribution is -0.141. The molecule has 186 valence electrons. The summed E-state index contributed by atoms with van der Waals surface area (Å²) in [4.78, 5) is 19.2. The van der Waals surface area contributed by atoms with Crippen LogP contribution >= 0.6 is 0 Å². The van der Waals surface area contributed by atoms with Gasteiger partial charge in [0.2, 0.25) is 5.91 Å². The molecule has 3 rings (SSSR count). The lowest BCUT2D eigenvalue weighted by atomic mass is 10.1. The second kappa shape index (κ2) is 10.9. The summed E-state index contributed by atoms with van der Waals surface area (Å²) in [5.74, 6) is 0.530. The van der Waals surface area contributed by atoms with Gasteiger partial charge in [0.05, 0.1) is 17.6 Å². The highest BCUT2D eigenvalue weighted by Crippen LogP contribution is 2.28. The Morgan fingerprint density at radius 3 is 2.71 bits per heavy atom. The van der Waals surface area contributed by atoms with Crippen molar-refractivity contribution in [2.45, 2.75) is 38.9 Å². The average molecular weight is 480 g/mol. The Balaban J connectivity index is 1.82. The number of hydrogen-bond acceptors (Lipinski definition) is 5. The Morgan fingerprint density at radius 1 is 1.38 bits per heavy atom. The predicted octanol–water partition coefficient (Wildman–Crippen LogP) is 1.82. The SMILES string of the molecule is C=C(CNC(=O)C1CC1)O/N=C(\C)c1cc(=C\N)/c(=C\C=C/C2CCN(C)C2)n1CC(F)(F)F. The van der Waals surface area contributed by atoms with Gasteiger partial charge in [0.1, 0.15) is 18.0 Å². The van der Waals surface area contributed by atoms with Crippen molar-refractivity contribution in [1.29, 1.82) is 0 Å². The minimum atomic E-state index is -4.45. The molecule has 0 radical (unpaired) electrons. The number of aromatic nitrogens is 1. The first-order valence-corrected chi connectivity index (χ1v) is 11.3. The normalized spacial score (nSPS) is 21.0. The number of nitrogens with two attached hydrogens (primary N) is 1. The smallest absolute Gasteiger partial charge is 0.404 e. The first-order chi connectivity index (χ1) is 16.1. The van der Waals surface area contributed by atoms with Crippen LogP contribution in [0, 0.1) is 11.8 Å². The zero-order chi connectivity index (χ0) is 24.9. The molecule has 1 aliphatic heterocycles. The highest BCUT2D eigenvalue weighted by atomic mass is 19.4. The number of nitrogens with one attached hydrogen (secondary N) is 1. The number of oxime groups is 1. The van der Waals surface area contributed by atoms with Gasteiger partial charge in [-0.2, -0.15) is 13.2 Å². The van der Waals surface area contributed by atoms with Gasteiger partial charge in [-0.05, 0) is 57.8 Å². The second-order valence-corrected chi connectivity index (χ2v) is 8.90. The van der Waals surface area contributed by atoms with E-state index in [0.29, 0.717) is 16.5 Å². The van der Waals surface area contributed by atoms with E-state index in [4.69, 9.17) is 10.6 Å². The van der Waals surface area contributed by atoms with Crippen LogP contribution in [0.2, 0.25) is 0 Å². The summed E-state index contributed by atoms with van der Waals surface area (Å²) in [5.41, 5.74) is 6.18. The van der Waals surface area contributed by atoms with Crippen molar-refractivity contribution in [2.75, 3.05) is 26.7 Å². The zero-order valence-corrected chi connectivity index (χ0v) is 19.6. The van der Waals surface area contributed by atoms with Crippen LogP contribution in [0.15, 0.2) is 35.7 Å². The highest BCUT2D eigenvalue weighted by Gasteiger charge is 2.30. The molecular formula is C24H32F3N5O2. The van der Waals surface area contributed by atoms with Crippen molar-refractivity contribution in [2.24, 2.45) is 22.7 Å². The Labute approximate surface area is 197 Å². The van der Waals surface area contributed by atoms with Crippen LogP contribution in [0.25, 0.3) is 12.3 Å². The van der Waals surface area contributed by atoms with Crippen LogP contribution < -0.4 is 21.6 Å². The Morgan fingerprint density at radius 2 is 2.12 bits per heavy atom. The monoisotopic (exact) mass is 479 g/mol. The molecule has 0 aromatic carbocycles. The average Bonchev–Trinajstić information content (AvgIpc) is 3.46. The van der Waals surface area contributed by atoms with E-state index >= 15 is 0 Å². The molecule has 2 aliphatic rings. The highest BCUT2D eigenvalue weighted by molar-refractivity contribution is 5.97. The van der Waals surface area contributed by atoms with Gasteiger partial charge in [0.25, 0.3) is 0 Å². The number of carbonyl (C=O) groups is 1. The van der Waals surface area contributed by atoms with E-state index in [9.17, 15) is 18.0 Å². The van der Waals surface area contributed by atoms with Crippen LogP contribution in [0.3, 0.4) is 0 Å². The van der Waals surface area contributed by atoms with Crippen molar-refractivity contribution >= 4 is 23.9 Å². The van der Waals surface area contributed by atoms with E-state index in [2.05, 4.69) is 22.0 Å². The number of likely N-dealkylation sites (tertiary alicyclic amines) is 1. The molecule has 2 heterocycles. The summed E-state index contributed by atoms with van der Waals surface area (Å²) in [6, 6.07) is 1.55.